The quantitative estimate of drug-likeness (QED) is 0.281. The van der Waals surface area contributed by atoms with Crippen molar-refractivity contribution in [3.63, 3.8) is 0 Å². The molecule has 0 radical (unpaired) electrons. The van der Waals surface area contributed by atoms with E-state index in [1.807, 2.05) is 109 Å². The van der Waals surface area contributed by atoms with E-state index in [2.05, 4.69) is 0 Å². The normalized spacial score (nSPS) is 10.2. The van der Waals surface area contributed by atoms with Crippen molar-refractivity contribution in [3.05, 3.63) is 120 Å². The Hall–Kier alpha value is -4.25. The van der Waals surface area contributed by atoms with Crippen LogP contribution in [-0.2, 0) is 22.7 Å². The van der Waals surface area contributed by atoms with Crippen LogP contribution in [0.4, 0.5) is 4.79 Å². The lowest BCUT2D eigenvalue weighted by atomic mass is 10.2. The van der Waals surface area contributed by atoms with E-state index in [0.29, 0.717) is 23.0 Å². The minimum atomic E-state index is -0.769. The molecule has 5 nitrogen and oxygen atoms in total. The standard InChI is InChI=1S/C27H22O5/c28-27(29-19-21-11-7-9-17-25(21)31-23-13-3-1-4-14-23)30-20-22-12-8-10-18-26(22)32-24-15-5-2-6-16-24/h1-18H,19-20H2. The van der Waals surface area contributed by atoms with Gasteiger partial charge in [0.25, 0.3) is 0 Å². The first-order valence-corrected chi connectivity index (χ1v) is 10.2. The van der Waals surface area contributed by atoms with Crippen molar-refractivity contribution in [1.82, 2.24) is 0 Å². The Bertz CT molecular complexity index is 1050. The lowest BCUT2D eigenvalue weighted by Gasteiger charge is -2.13. The van der Waals surface area contributed by atoms with Crippen molar-refractivity contribution < 1.29 is 23.7 Å². The lowest BCUT2D eigenvalue weighted by Crippen LogP contribution is -2.08. The number of hydrogen-bond acceptors (Lipinski definition) is 5. The molecule has 0 spiro atoms. The van der Waals surface area contributed by atoms with Crippen LogP contribution >= 0.6 is 0 Å². The van der Waals surface area contributed by atoms with Gasteiger partial charge >= 0.3 is 6.16 Å². The van der Waals surface area contributed by atoms with Gasteiger partial charge in [-0.2, -0.15) is 0 Å². The second-order valence-corrected chi connectivity index (χ2v) is 6.87. The second-order valence-electron chi connectivity index (χ2n) is 6.87. The van der Waals surface area contributed by atoms with Crippen LogP contribution in [-0.4, -0.2) is 6.16 Å². The van der Waals surface area contributed by atoms with Crippen LogP contribution in [0.1, 0.15) is 11.1 Å². The highest BCUT2D eigenvalue weighted by Crippen LogP contribution is 2.27. The van der Waals surface area contributed by atoms with Gasteiger partial charge in [0.1, 0.15) is 36.2 Å². The molecule has 4 rings (SSSR count). The van der Waals surface area contributed by atoms with Crippen molar-refractivity contribution >= 4 is 6.16 Å². The van der Waals surface area contributed by atoms with Crippen molar-refractivity contribution in [2.24, 2.45) is 0 Å². The van der Waals surface area contributed by atoms with E-state index in [1.165, 1.54) is 0 Å². The maximum absolute atomic E-state index is 12.2. The summed E-state index contributed by atoms with van der Waals surface area (Å²) in [6, 6.07) is 33.6. The van der Waals surface area contributed by atoms with Crippen LogP contribution in [0.15, 0.2) is 109 Å². The molecule has 0 saturated heterocycles. The summed E-state index contributed by atoms with van der Waals surface area (Å²) in [5, 5.41) is 0. The summed E-state index contributed by atoms with van der Waals surface area (Å²) in [5.41, 5.74) is 1.47. The van der Waals surface area contributed by atoms with Crippen molar-refractivity contribution in [1.29, 1.82) is 0 Å². The van der Waals surface area contributed by atoms with Gasteiger partial charge in [-0.3, -0.25) is 0 Å². The van der Waals surface area contributed by atoms with E-state index in [9.17, 15) is 4.79 Å². The number of ether oxygens (including phenoxy) is 4. The van der Waals surface area contributed by atoms with E-state index in [0.717, 1.165) is 11.1 Å². The summed E-state index contributed by atoms with van der Waals surface area (Å²) in [5.74, 6) is 2.65. The number of carbonyl (C=O) groups is 1. The first kappa shape index (κ1) is 21.0. The summed E-state index contributed by atoms with van der Waals surface area (Å²) in [6.45, 7) is 0.0635. The van der Waals surface area contributed by atoms with Gasteiger partial charge in [0, 0.05) is 11.1 Å². The third-order valence-electron chi connectivity index (χ3n) is 4.58. The number of carbonyl (C=O) groups excluding carboxylic acids is 1. The summed E-state index contributed by atoms with van der Waals surface area (Å²) < 4.78 is 22.4. The number of rotatable bonds is 8. The number of para-hydroxylation sites is 4. The fourth-order valence-electron chi connectivity index (χ4n) is 2.99. The molecular formula is C27H22O5. The summed E-state index contributed by atoms with van der Waals surface area (Å²) in [6.07, 6.45) is -0.769. The Morgan fingerprint density at radius 1 is 0.500 bits per heavy atom. The van der Waals surface area contributed by atoms with Gasteiger partial charge in [-0.25, -0.2) is 4.79 Å². The minimum absolute atomic E-state index is 0.0317. The van der Waals surface area contributed by atoms with Gasteiger partial charge in [-0.1, -0.05) is 72.8 Å². The molecule has 32 heavy (non-hydrogen) atoms. The minimum Gasteiger partial charge on any atom is -0.457 e. The molecule has 5 heteroatoms. The molecule has 0 aliphatic heterocycles. The van der Waals surface area contributed by atoms with Gasteiger partial charge in [0.05, 0.1) is 0 Å². The average molecular weight is 426 g/mol. The van der Waals surface area contributed by atoms with E-state index in [1.54, 1.807) is 0 Å². The molecule has 0 unspecified atom stereocenters. The Balaban J connectivity index is 1.33. The monoisotopic (exact) mass is 426 g/mol. The molecule has 0 fully saturated rings. The van der Waals surface area contributed by atoms with Crippen LogP contribution < -0.4 is 9.47 Å². The van der Waals surface area contributed by atoms with Gasteiger partial charge in [0.2, 0.25) is 0 Å². The fraction of sp³-hybridized carbons (Fsp3) is 0.0741. The average Bonchev–Trinajstić information content (AvgIpc) is 2.84. The van der Waals surface area contributed by atoms with Crippen LogP contribution in [0.2, 0.25) is 0 Å². The van der Waals surface area contributed by atoms with Crippen LogP contribution in [0.5, 0.6) is 23.0 Å². The molecule has 0 saturated carbocycles. The number of benzene rings is 4. The van der Waals surface area contributed by atoms with Crippen LogP contribution in [0, 0.1) is 0 Å². The molecule has 0 N–H and O–H groups in total. The summed E-state index contributed by atoms with van der Waals surface area (Å²) in [4.78, 5) is 12.2. The summed E-state index contributed by atoms with van der Waals surface area (Å²) in [7, 11) is 0. The molecule has 160 valence electrons. The van der Waals surface area contributed by atoms with Gasteiger partial charge in [-0.15, -0.1) is 0 Å². The number of hydrogen-bond donors (Lipinski definition) is 0. The maximum atomic E-state index is 12.2. The Morgan fingerprint density at radius 3 is 1.31 bits per heavy atom. The van der Waals surface area contributed by atoms with Crippen molar-refractivity contribution in [2.45, 2.75) is 13.2 Å². The summed E-state index contributed by atoms with van der Waals surface area (Å²) >= 11 is 0. The smallest absolute Gasteiger partial charge is 0.457 e. The van der Waals surface area contributed by atoms with Gasteiger partial charge < -0.3 is 18.9 Å². The molecule has 4 aromatic rings. The van der Waals surface area contributed by atoms with E-state index in [-0.39, 0.29) is 13.2 Å². The predicted octanol–water partition coefficient (Wildman–Crippen LogP) is 7.12. The lowest BCUT2D eigenvalue weighted by molar-refractivity contribution is 0.0440. The zero-order valence-electron chi connectivity index (χ0n) is 17.3. The van der Waals surface area contributed by atoms with Gasteiger partial charge in [0.15, 0.2) is 0 Å². The zero-order chi connectivity index (χ0) is 22.0. The third kappa shape index (κ3) is 5.89. The molecule has 0 atom stereocenters. The highest BCUT2D eigenvalue weighted by atomic mass is 16.7. The van der Waals surface area contributed by atoms with Crippen LogP contribution in [0.25, 0.3) is 0 Å². The fourth-order valence-corrected chi connectivity index (χ4v) is 2.99. The Morgan fingerprint density at radius 2 is 0.875 bits per heavy atom. The van der Waals surface area contributed by atoms with E-state index < -0.39 is 6.16 Å². The topological polar surface area (TPSA) is 54.0 Å². The third-order valence-corrected chi connectivity index (χ3v) is 4.58. The van der Waals surface area contributed by atoms with Crippen molar-refractivity contribution in [2.75, 3.05) is 0 Å². The molecule has 0 bridgehead atoms. The first-order chi connectivity index (χ1) is 15.8. The Kier molecular flexibility index (Phi) is 7.01. The largest absolute Gasteiger partial charge is 0.508 e. The Labute approximate surface area is 186 Å². The van der Waals surface area contributed by atoms with Crippen LogP contribution in [0.3, 0.4) is 0 Å². The second kappa shape index (κ2) is 10.7. The molecule has 0 aliphatic carbocycles. The molecule has 0 aliphatic rings. The molecule has 0 heterocycles. The predicted molar refractivity (Wildman–Crippen MR) is 121 cm³/mol. The first-order valence-electron chi connectivity index (χ1n) is 10.2. The molecule has 0 amide bonds. The van der Waals surface area contributed by atoms with Crippen molar-refractivity contribution in [3.8, 4) is 23.0 Å². The highest BCUT2D eigenvalue weighted by Gasteiger charge is 2.11. The highest BCUT2D eigenvalue weighted by molar-refractivity contribution is 5.60. The SMILES string of the molecule is O=C(OCc1ccccc1Oc1ccccc1)OCc1ccccc1Oc1ccccc1. The maximum Gasteiger partial charge on any atom is 0.508 e. The van der Waals surface area contributed by atoms with E-state index in [4.69, 9.17) is 18.9 Å². The zero-order valence-corrected chi connectivity index (χ0v) is 17.3. The van der Waals surface area contributed by atoms with E-state index >= 15 is 0 Å². The molecular weight excluding hydrogens is 404 g/mol. The molecule has 4 aromatic carbocycles. The molecule has 0 aromatic heterocycles. The van der Waals surface area contributed by atoms with Gasteiger partial charge in [-0.05, 0) is 36.4 Å².